The van der Waals surface area contributed by atoms with Crippen molar-refractivity contribution in [2.75, 3.05) is 35.3 Å². The highest BCUT2D eigenvalue weighted by molar-refractivity contribution is 6.02. The second-order valence-electron chi connectivity index (χ2n) is 8.90. The predicted molar refractivity (Wildman–Crippen MR) is 155 cm³/mol. The van der Waals surface area contributed by atoms with Crippen molar-refractivity contribution < 1.29 is 14.3 Å². The normalized spacial score (nSPS) is 13.5. The lowest BCUT2D eigenvalue weighted by atomic mass is 9.95. The van der Waals surface area contributed by atoms with Crippen LogP contribution in [0.15, 0.2) is 65.7 Å². The molecule has 0 spiro atoms. The van der Waals surface area contributed by atoms with Crippen LogP contribution in [0.3, 0.4) is 0 Å². The maximum absolute atomic E-state index is 12.8. The Balaban J connectivity index is 1.43. The first-order chi connectivity index (χ1) is 19.9. The van der Waals surface area contributed by atoms with Crippen molar-refractivity contribution in [3.05, 3.63) is 77.4 Å². The monoisotopic (exact) mass is 547 g/mol. The quantitative estimate of drug-likeness (QED) is 0.168. The highest BCUT2D eigenvalue weighted by Gasteiger charge is 2.30. The van der Waals surface area contributed by atoms with Gasteiger partial charge >= 0.3 is 0 Å². The summed E-state index contributed by atoms with van der Waals surface area (Å²) in [6.07, 6.45) is 1.82. The number of nitrogens with one attached hydrogen (secondary N) is 3. The van der Waals surface area contributed by atoms with Crippen molar-refractivity contribution in [1.82, 2.24) is 10.3 Å². The standard InChI is InChI=1S/C29H25N9O3/c1-2-40-22-12-17(26-24-25(32)19(13-30)27(33)37-28(24)38-29(36-26)34-15-31)10-11-21(22)41-14-23(39)35-20-9-5-7-16-6-3-4-8-18(16)20/h3-12,26H,2,14H2,1H3,(H,35,39)(H6,32,33,34,36,37,38). The average Bonchev–Trinajstić information content (AvgIpc) is 2.97. The number of benzene rings is 3. The number of nitrogens with zero attached hydrogens (tertiary/aromatic N) is 4. The third-order valence-corrected chi connectivity index (χ3v) is 6.36. The number of aliphatic imine (C=N–C) groups is 1. The highest BCUT2D eigenvalue weighted by atomic mass is 16.5. The van der Waals surface area contributed by atoms with Gasteiger partial charge in [-0.05, 0) is 36.1 Å². The number of carbonyl (C=O) groups excluding carboxylic acids is 1. The fourth-order valence-corrected chi connectivity index (χ4v) is 4.57. The van der Waals surface area contributed by atoms with Gasteiger partial charge in [0.05, 0.1) is 12.3 Å². The number of pyridine rings is 1. The predicted octanol–water partition coefficient (Wildman–Crippen LogP) is 3.63. The number of hydrogen-bond acceptors (Lipinski definition) is 11. The van der Waals surface area contributed by atoms with E-state index in [9.17, 15) is 10.1 Å². The van der Waals surface area contributed by atoms with E-state index in [0.29, 0.717) is 34.9 Å². The lowest BCUT2D eigenvalue weighted by Gasteiger charge is -2.26. The van der Waals surface area contributed by atoms with Crippen LogP contribution in [0.25, 0.3) is 10.8 Å². The van der Waals surface area contributed by atoms with Crippen molar-refractivity contribution in [1.29, 1.82) is 10.5 Å². The van der Waals surface area contributed by atoms with E-state index < -0.39 is 6.04 Å². The lowest BCUT2D eigenvalue weighted by Crippen LogP contribution is -2.32. The fraction of sp³-hybridized carbons (Fsp3) is 0.138. The molecular formula is C29H25N9O3. The number of aromatic nitrogens is 1. The number of ether oxygens (including phenoxy) is 2. The van der Waals surface area contributed by atoms with E-state index in [1.165, 1.54) is 0 Å². The number of nitrogen functional groups attached to an aromatic ring is 2. The van der Waals surface area contributed by atoms with Gasteiger partial charge in [-0.1, -0.05) is 42.5 Å². The Morgan fingerprint density at radius 2 is 1.88 bits per heavy atom. The van der Waals surface area contributed by atoms with Gasteiger partial charge < -0.3 is 31.6 Å². The van der Waals surface area contributed by atoms with Crippen molar-refractivity contribution in [2.24, 2.45) is 4.99 Å². The number of nitrogens with two attached hydrogens (primary N) is 2. The van der Waals surface area contributed by atoms with E-state index >= 15 is 0 Å². The summed E-state index contributed by atoms with van der Waals surface area (Å²) >= 11 is 0. The van der Waals surface area contributed by atoms with Crippen molar-refractivity contribution in [3.8, 4) is 23.8 Å². The molecule has 1 atom stereocenters. The van der Waals surface area contributed by atoms with E-state index in [2.05, 4.69) is 25.9 Å². The first-order valence-electron chi connectivity index (χ1n) is 12.6. The average molecular weight is 548 g/mol. The van der Waals surface area contributed by atoms with Crippen LogP contribution in [0.5, 0.6) is 11.5 Å². The van der Waals surface area contributed by atoms with E-state index in [1.807, 2.05) is 61.7 Å². The topological polar surface area (TPSA) is 196 Å². The molecule has 5 rings (SSSR count). The maximum Gasteiger partial charge on any atom is 0.262 e. The Labute approximate surface area is 235 Å². The Morgan fingerprint density at radius 1 is 1.07 bits per heavy atom. The molecule has 4 aromatic rings. The summed E-state index contributed by atoms with van der Waals surface area (Å²) in [4.78, 5) is 21.6. The van der Waals surface area contributed by atoms with Gasteiger partial charge in [0.1, 0.15) is 29.3 Å². The van der Waals surface area contributed by atoms with Crippen LogP contribution in [0.1, 0.15) is 29.7 Å². The summed E-state index contributed by atoms with van der Waals surface area (Å²) in [6, 6.07) is 19.8. The number of amides is 1. The van der Waals surface area contributed by atoms with Crippen LogP contribution in [-0.2, 0) is 4.79 Å². The molecule has 12 nitrogen and oxygen atoms in total. The van der Waals surface area contributed by atoms with Crippen LogP contribution in [0, 0.1) is 22.8 Å². The van der Waals surface area contributed by atoms with Gasteiger partial charge in [0.2, 0.25) is 5.96 Å². The minimum absolute atomic E-state index is 0.0321. The molecule has 204 valence electrons. The number of fused-ring (bicyclic) bond motifs is 2. The molecule has 41 heavy (non-hydrogen) atoms. The molecule has 1 unspecified atom stereocenters. The largest absolute Gasteiger partial charge is 0.490 e. The fourth-order valence-electron chi connectivity index (χ4n) is 4.57. The summed E-state index contributed by atoms with van der Waals surface area (Å²) in [6.45, 7) is 1.89. The molecule has 1 amide bonds. The second-order valence-corrected chi connectivity index (χ2v) is 8.90. The first-order valence-corrected chi connectivity index (χ1v) is 12.6. The summed E-state index contributed by atoms with van der Waals surface area (Å²) in [5.41, 5.74) is 14.1. The molecule has 3 aromatic carbocycles. The highest BCUT2D eigenvalue weighted by Crippen LogP contribution is 2.42. The minimum Gasteiger partial charge on any atom is -0.490 e. The first kappa shape index (κ1) is 26.6. The van der Waals surface area contributed by atoms with Gasteiger partial charge in [-0.2, -0.15) is 10.5 Å². The molecule has 0 saturated heterocycles. The molecule has 1 aliphatic rings. The van der Waals surface area contributed by atoms with Gasteiger partial charge in [0, 0.05) is 16.6 Å². The molecule has 7 N–H and O–H groups in total. The molecule has 0 fully saturated rings. The van der Waals surface area contributed by atoms with Crippen LogP contribution in [0.4, 0.5) is 23.0 Å². The number of nitriles is 2. The number of rotatable bonds is 7. The molecular weight excluding hydrogens is 522 g/mol. The Bertz CT molecular complexity index is 1770. The number of guanidine groups is 1. The van der Waals surface area contributed by atoms with Crippen LogP contribution in [0.2, 0.25) is 0 Å². The smallest absolute Gasteiger partial charge is 0.262 e. The zero-order valence-corrected chi connectivity index (χ0v) is 21.9. The zero-order chi connectivity index (χ0) is 28.9. The zero-order valence-electron chi connectivity index (χ0n) is 21.9. The third kappa shape index (κ3) is 5.30. The van der Waals surface area contributed by atoms with E-state index in [1.54, 1.807) is 18.2 Å². The minimum atomic E-state index is -0.759. The van der Waals surface area contributed by atoms with Gasteiger partial charge in [-0.15, -0.1) is 0 Å². The number of anilines is 4. The molecule has 2 heterocycles. The summed E-state index contributed by atoms with van der Waals surface area (Å²) < 4.78 is 11.7. The van der Waals surface area contributed by atoms with Gasteiger partial charge in [0.15, 0.2) is 24.3 Å². The summed E-state index contributed by atoms with van der Waals surface area (Å²) in [5, 5.41) is 28.9. The van der Waals surface area contributed by atoms with Crippen molar-refractivity contribution in [2.45, 2.75) is 13.0 Å². The molecule has 0 saturated carbocycles. The SMILES string of the molecule is CCOc1cc(C2N=C(NC#N)Nc3nc(N)c(C#N)c(N)c32)ccc1OCC(=O)Nc1cccc2ccccc12. The van der Waals surface area contributed by atoms with Crippen LogP contribution in [-0.4, -0.2) is 30.1 Å². The molecule has 12 heteroatoms. The Kier molecular flexibility index (Phi) is 7.39. The molecule has 0 radical (unpaired) electrons. The maximum atomic E-state index is 12.8. The summed E-state index contributed by atoms with van der Waals surface area (Å²) in [5.74, 6) is 0.726. The van der Waals surface area contributed by atoms with Crippen molar-refractivity contribution in [3.63, 3.8) is 0 Å². The van der Waals surface area contributed by atoms with E-state index in [0.717, 1.165) is 10.8 Å². The van der Waals surface area contributed by atoms with E-state index in [4.69, 9.17) is 26.2 Å². The van der Waals surface area contributed by atoms with E-state index in [-0.39, 0.29) is 41.4 Å². The van der Waals surface area contributed by atoms with Crippen LogP contribution >= 0.6 is 0 Å². The Morgan fingerprint density at radius 3 is 2.66 bits per heavy atom. The molecule has 0 aliphatic carbocycles. The lowest BCUT2D eigenvalue weighted by molar-refractivity contribution is -0.118. The molecule has 0 bridgehead atoms. The molecule has 1 aromatic heterocycles. The number of hydrogen-bond donors (Lipinski definition) is 5. The second kappa shape index (κ2) is 11.4. The molecule has 1 aliphatic heterocycles. The van der Waals surface area contributed by atoms with Gasteiger partial charge in [-0.25, -0.2) is 9.98 Å². The Hall–Kier alpha value is -6.01. The summed E-state index contributed by atoms with van der Waals surface area (Å²) in [7, 11) is 0. The third-order valence-electron chi connectivity index (χ3n) is 6.36. The van der Waals surface area contributed by atoms with Gasteiger partial charge in [0.25, 0.3) is 5.91 Å². The van der Waals surface area contributed by atoms with Crippen molar-refractivity contribution >= 4 is 45.6 Å². The van der Waals surface area contributed by atoms with Crippen LogP contribution < -0.4 is 36.9 Å². The van der Waals surface area contributed by atoms with Gasteiger partial charge in [-0.3, -0.25) is 10.1 Å². The number of carbonyl (C=O) groups is 1.